The molecule has 6 heteroatoms. The third kappa shape index (κ3) is 3.29. The molecule has 8 aliphatic rings. The minimum atomic E-state index is -0.675. The standard InChI is InChI=1S/C37H40O6/c1-37(2,3)43-36(39)42-32-24-15-23(31(32)41-35(38)20-10-6-8-16-7-4-5-9-19(16)20)29-30(24)34-28-22-14-21(27(28)33(29)40-34)25-17-11-12-18(13-17)26(22)25/h4-12,17-18,21-34H,13-15H2,1-3H3. The highest BCUT2D eigenvalue weighted by Crippen LogP contribution is 2.77. The second kappa shape index (κ2) is 8.44. The Balaban J connectivity index is 0.979. The van der Waals surface area contributed by atoms with Crippen LogP contribution in [-0.4, -0.2) is 42.1 Å². The van der Waals surface area contributed by atoms with E-state index in [0.29, 0.717) is 29.2 Å². The molecule has 2 aromatic rings. The lowest BCUT2D eigenvalue weighted by molar-refractivity contribution is -0.112. The van der Waals surface area contributed by atoms with Crippen LogP contribution in [0.3, 0.4) is 0 Å². The molecule has 16 atom stereocenters. The van der Waals surface area contributed by atoms with Gasteiger partial charge in [-0.15, -0.1) is 0 Å². The van der Waals surface area contributed by atoms with Crippen LogP contribution in [0.15, 0.2) is 54.6 Å². The Labute approximate surface area is 252 Å². The largest absolute Gasteiger partial charge is 0.509 e. The molecule has 224 valence electrons. The lowest BCUT2D eigenvalue weighted by Gasteiger charge is -2.49. The van der Waals surface area contributed by atoms with Crippen LogP contribution in [-0.2, 0) is 18.9 Å². The Hall–Kier alpha value is -2.86. The van der Waals surface area contributed by atoms with Crippen molar-refractivity contribution >= 4 is 22.9 Å². The van der Waals surface area contributed by atoms with Crippen LogP contribution in [0.25, 0.3) is 10.8 Å². The predicted molar refractivity (Wildman–Crippen MR) is 158 cm³/mol. The number of hydrogen-bond acceptors (Lipinski definition) is 6. The van der Waals surface area contributed by atoms with E-state index in [4.69, 9.17) is 18.9 Å². The number of ether oxygens (including phenoxy) is 4. The minimum Gasteiger partial charge on any atom is -0.454 e. The van der Waals surface area contributed by atoms with Crippen molar-refractivity contribution in [3.05, 3.63) is 60.2 Å². The molecule has 7 fully saturated rings. The average molecular weight is 581 g/mol. The summed E-state index contributed by atoms with van der Waals surface area (Å²) in [6.45, 7) is 5.54. The fraction of sp³-hybridized carbons (Fsp3) is 0.622. The van der Waals surface area contributed by atoms with Crippen molar-refractivity contribution in [2.75, 3.05) is 0 Å². The molecule has 0 amide bonds. The zero-order valence-corrected chi connectivity index (χ0v) is 25.0. The lowest BCUT2D eigenvalue weighted by atomic mass is 9.55. The number of hydrogen-bond donors (Lipinski definition) is 0. The van der Waals surface area contributed by atoms with E-state index < -0.39 is 24.0 Å². The number of rotatable bonds is 3. The Bertz CT molecular complexity index is 1570. The zero-order valence-electron chi connectivity index (χ0n) is 25.0. The number of allylic oxidation sites excluding steroid dienone is 2. The average Bonchev–Trinajstić information content (AvgIpc) is 3.82. The maximum atomic E-state index is 13.9. The molecule has 2 aromatic carbocycles. The third-order valence-electron chi connectivity index (χ3n) is 13.4. The Kier molecular flexibility index (Phi) is 5.00. The van der Waals surface area contributed by atoms with Gasteiger partial charge in [-0.2, -0.15) is 0 Å². The highest BCUT2D eigenvalue weighted by molar-refractivity contribution is 6.04. The molecule has 2 heterocycles. The van der Waals surface area contributed by atoms with Crippen molar-refractivity contribution in [2.24, 2.45) is 71.0 Å². The maximum Gasteiger partial charge on any atom is 0.509 e. The van der Waals surface area contributed by atoms with Crippen LogP contribution in [0.1, 0.15) is 50.4 Å². The van der Waals surface area contributed by atoms with E-state index in [1.54, 1.807) is 0 Å². The number of carbonyl (C=O) groups excluding carboxylic acids is 2. The molecule has 6 nitrogen and oxygen atoms in total. The molecule has 0 aromatic heterocycles. The molecular formula is C37H40O6. The van der Waals surface area contributed by atoms with E-state index >= 15 is 0 Å². The minimum absolute atomic E-state index is 0.124. The molecular weight excluding hydrogens is 540 g/mol. The molecule has 5 saturated carbocycles. The van der Waals surface area contributed by atoms with Crippen LogP contribution >= 0.6 is 0 Å². The van der Waals surface area contributed by atoms with Gasteiger partial charge in [-0.3, -0.25) is 0 Å². The summed E-state index contributed by atoms with van der Waals surface area (Å²) in [5, 5.41) is 1.88. The smallest absolute Gasteiger partial charge is 0.454 e. The van der Waals surface area contributed by atoms with Crippen molar-refractivity contribution in [3.63, 3.8) is 0 Å². The fourth-order valence-electron chi connectivity index (χ4n) is 12.7. The molecule has 2 saturated heterocycles. The van der Waals surface area contributed by atoms with E-state index in [9.17, 15) is 9.59 Å². The Morgan fingerprint density at radius 3 is 1.95 bits per heavy atom. The van der Waals surface area contributed by atoms with Crippen LogP contribution in [0.5, 0.6) is 0 Å². The summed E-state index contributed by atoms with van der Waals surface area (Å²) < 4.78 is 25.2. The first-order valence-electron chi connectivity index (χ1n) is 16.7. The van der Waals surface area contributed by atoms with Gasteiger partial charge >= 0.3 is 12.1 Å². The topological polar surface area (TPSA) is 71.1 Å². The molecule has 8 bridgehead atoms. The number of benzene rings is 2. The summed E-state index contributed by atoms with van der Waals surface area (Å²) in [5.41, 5.74) is -0.106. The summed E-state index contributed by atoms with van der Waals surface area (Å²) in [6.07, 6.45) is 7.51. The van der Waals surface area contributed by atoms with Crippen LogP contribution < -0.4 is 0 Å². The molecule has 0 radical (unpaired) electrons. The third-order valence-corrected chi connectivity index (χ3v) is 13.4. The van der Waals surface area contributed by atoms with Crippen molar-refractivity contribution in [1.82, 2.24) is 0 Å². The first-order chi connectivity index (χ1) is 20.8. The van der Waals surface area contributed by atoms with Gasteiger partial charge in [-0.05, 0) is 116 Å². The van der Waals surface area contributed by atoms with E-state index in [-0.39, 0.29) is 30.0 Å². The van der Waals surface area contributed by atoms with Crippen LogP contribution in [0.2, 0.25) is 0 Å². The quantitative estimate of drug-likeness (QED) is 0.230. The van der Waals surface area contributed by atoms with Crippen molar-refractivity contribution in [3.8, 4) is 0 Å². The van der Waals surface area contributed by atoms with E-state index in [1.807, 2.05) is 63.2 Å². The lowest BCUT2D eigenvalue weighted by Crippen LogP contribution is -2.55. The first kappa shape index (κ1) is 25.5. The molecule has 16 unspecified atom stereocenters. The molecule has 10 rings (SSSR count). The normalized spacial score (nSPS) is 48.5. The van der Waals surface area contributed by atoms with Crippen LogP contribution in [0, 0.1) is 71.0 Å². The summed E-state index contributed by atoms with van der Waals surface area (Å²) in [7, 11) is 0. The van der Waals surface area contributed by atoms with E-state index in [0.717, 1.165) is 52.7 Å². The van der Waals surface area contributed by atoms with Gasteiger partial charge in [0, 0.05) is 11.8 Å². The Morgan fingerprint density at radius 1 is 0.698 bits per heavy atom. The monoisotopic (exact) mass is 580 g/mol. The van der Waals surface area contributed by atoms with Gasteiger partial charge in [0.2, 0.25) is 0 Å². The van der Waals surface area contributed by atoms with Gasteiger partial charge in [0.05, 0.1) is 17.8 Å². The fourth-order valence-corrected chi connectivity index (χ4v) is 12.7. The first-order valence-corrected chi connectivity index (χ1v) is 16.7. The highest BCUT2D eigenvalue weighted by Gasteiger charge is 2.79. The predicted octanol–water partition coefficient (Wildman–Crippen LogP) is 6.67. The van der Waals surface area contributed by atoms with E-state index in [1.165, 1.54) is 12.8 Å². The molecule has 2 aliphatic heterocycles. The van der Waals surface area contributed by atoms with Crippen molar-refractivity contribution in [2.45, 2.75) is 70.1 Å². The van der Waals surface area contributed by atoms with Crippen molar-refractivity contribution < 1.29 is 28.5 Å². The number of fused-ring (bicyclic) bond motifs is 24. The molecule has 0 N–H and O–H groups in total. The van der Waals surface area contributed by atoms with Gasteiger partial charge < -0.3 is 18.9 Å². The summed E-state index contributed by atoms with van der Waals surface area (Å²) in [5.74, 6) is 6.74. The zero-order chi connectivity index (χ0) is 28.9. The molecule has 43 heavy (non-hydrogen) atoms. The Morgan fingerprint density at radius 2 is 1.28 bits per heavy atom. The maximum absolute atomic E-state index is 13.9. The second-order valence-electron chi connectivity index (χ2n) is 16.0. The second-order valence-corrected chi connectivity index (χ2v) is 16.0. The van der Waals surface area contributed by atoms with E-state index in [2.05, 4.69) is 12.2 Å². The highest BCUT2D eigenvalue weighted by atomic mass is 16.7. The van der Waals surface area contributed by atoms with Gasteiger partial charge in [0.25, 0.3) is 0 Å². The molecule has 6 aliphatic carbocycles. The molecule has 0 spiro atoms. The van der Waals surface area contributed by atoms with Crippen LogP contribution in [0.4, 0.5) is 4.79 Å². The van der Waals surface area contributed by atoms with Gasteiger partial charge in [-0.1, -0.05) is 48.6 Å². The van der Waals surface area contributed by atoms with Crippen molar-refractivity contribution in [1.29, 1.82) is 0 Å². The number of carbonyl (C=O) groups is 2. The van der Waals surface area contributed by atoms with Gasteiger partial charge in [0.15, 0.2) is 0 Å². The summed E-state index contributed by atoms with van der Waals surface area (Å²) >= 11 is 0. The SMILES string of the molecule is CC(C)(C)OC(=O)OC1C2CC(C1OC(=O)c1cccc3ccccc13)C1C3OC(C21)C1C2CC(C4C5C=CC(C5)C24)C31. The summed E-state index contributed by atoms with van der Waals surface area (Å²) in [6, 6.07) is 13.7. The number of esters is 1. The van der Waals surface area contributed by atoms with Gasteiger partial charge in [0.1, 0.15) is 17.8 Å². The van der Waals surface area contributed by atoms with Gasteiger partial charge in [-0.25, -0.2) is 9.59 Å². The summed E-state index contributed by atoms with van der Waals surface area (Å²) in [4.78, 5) is 26.9.